The van der Waals surface area contributed by atoms with Gasteiger partial charge in [-0.1, -0.05) is 36.8 Å². The lowest BCUT2D eigenvalue weighted by Crippen LogP contribution is -2.41. The summed E-state index contributed by atoms with van der Waals surface area (Å²) in [6.07, 6.45) is 5.75. The quantitative estimate of drug-likeness (QED) is 0.847. The van der Waals surface area contributed by atoms with Gasteiger partial charge >= 0.3 is 0 Å². The van der Waals surface area contributed by atoms with Crippen molar-refractivity contribution in [3.63, 3.8) is 0 Å². The van der Waals surface area contributed by atoms with Crippen molar-refractivity contribution in [3.05, 3.63) is 35.9 Å². The predicted molar refractivity (Wildman–Crippen MR) is 92.9 cm³/mol. The zero-order chi connectivity index (χ0) is 16.1. The molecule has 0 spiro atoms. The van der Waals surface area contributed by atoms with Crippen molar-refractivity contribution in [2.45, 2.75) is 38.1 Å². The fourth-order valence-corrected chi connectivity index (χ4v) is 4.09. The first-order valence-corrected chi connectivity index (χ1v) is 9.05. The summed E-state index contributed by atoms with van der Waals surface area (Å²) in [4.78, 5) is 15.3. The lowest BCUT2D eigenvalue weighted by molar-refractivity contribution is -0.126. The molecule has 1 aromatic carbocycles. The molecule has 2 fully saturated rings. The standard InChI is InChI=1S/C19H29N3O/c20-13-16-9-6-10-17(16)19(23)21-18(14-22-11-4-5-12-22)15-7-2-1-3-8-15/h1-3,7-8,16-18H,4-6,9-14,20H2,(H,21,23)/t16-,17-,18?/m1/s1. The minimum atomic E-state index is 0.0841. The molecule has 4 heteroatoms. The first-order valence-electron chi connectivity index (χ1n) is 9.05. The average molecular weight is 315 g/mol. The second kappa shape index (κ2) is 7.93. The minimum Gasteiger partial charge on any atom is -0.348 e. The summed E-state index contributed by atoms with van der Waals surface area (Å²) >= 11 is 0. The third kappa shape index (κ3) is 4.12. The second-order valence-corrected chi connectivity index (χ2v) is 7.01. The van der Waals surface area contributed by atoms with E-state index in [-0.39, 0.29) is 17.9 Å². The van der Waals surface area contributed by atoms with Gasteiger partial charge in [-0.3, -0.25) is 4.79 Å². The smallest absolute Gasteiger partial charge is 0.223 e. The van der Waals surface area contributed by atoms with Crippen LogP contribution in [0.2, 0.25) is 0 Å². The Morgan fingerprint density at radius 2 is 1.91 bits per heavy atom. The van der Waals surface area contributed by atoms with Gasteiger partial charge in [-0.15, -0.1) is 0 Å². The van der Waals surface area contributed by atoms with Crippen LogP contribution in [0.5, 0.6) is 0 Å². The molecule has 1 saturated carbocycles. The van der Waals surface area contributed by atoms with Gasteiger partial charge in [-0.2, -0.15) is 0 Å². The Morgan fingerprint density at radius 3 is 2.61 bits per heavy atom. The van der Waals surface area contributed by atoms with Gasteiger partial charge in [-0.25, -0.2) is 0 Å². The number of amides is 1. The molecule has 2 aliphatic rings. The number of hydrogen-bond acceptors (Lipinski definition) is 3. The zero-order valence-corrected chi connectivity index (χ0v) is 13.9. The number of likely N-dealkylation sites (tertiary alicyclic amines) is 1. The monoisotopic (exact) mass is 315 g/mol. The molecule has 126 valence electrons. The first-order chi connectivity index (χ1) is 11.3. The molecule has 3 atom stereocenters. The molecular formula is C19H29N3O. The van der Waals surface area contributed by atoms with E-state index >= 15 is 0 Å². The summed E-state index contributed by atoms with van der Waals surface area (Å²) < 4.78 is 0. The van der Waals surface area contributed by atoms with E-state index in [0.29, 0.717) is 12.5 Å². The normalized spacial score (nSPS) is 26.3. The molecule has 0 radical (unpaired) electrons. The van der Waals surface area contributed by atoms with Crippen molar-refractivity contribution in [3.8, 4) is 0 Å². The fraction of sp³-hybridized carbons (Fsp3) is 0.632. The van der Waals surface area contributed by atoms with Gasteiger partial charge in [0.05, 0.1) is 6.04 Å². The van der Waals surface area contributed by atoms with E-state index in [9.17, 15) is 4.79 Å². The highest BCUT2D eigenvalue weighted by molar-refractivity contribution is 5.79. The lowest BCUT2D eigenvalue weighted by atomic mass is 9.94. The summed E-state index contributed by atoms with van der Waals surface area (Å²) in [7, 11) is 0. The van der Waals surface area contributed by atoms with E-state index in [0.717, 1.165) is 38.9 Å². The van der Waals surface area contributed by atoms with E-state index in [4.69, 9.17) is 5.73 Å². The highest BCUT2D eigenvalue weighted by Crippen LogP contribution is 2.31. The zero-order valence-electron chi connectivity index (χ0n) is 13.9. The van der Waals surface area contributed by atoms with Crippen molar-refractivity contribution in [2.24, 2.45) is 17.6 Å². The number of benzene rings is 1. The van der Waals surface area contributed by atoms with Crippen molar-refractivity contribution in [1.82, 2.24) is 10.2 Å². The van der Waals surface area contributed by atoms with Crippen LogP contribution in [0.15, 0.2) is 30.3 Å². The Morgan fingerprint density at radius 1 is 1.17 bits per heavy atom. The SMILES string of the molecule is NC[C@H]1CCC[C@H]1C(=O)NC(CN1CCCC1)c1ccccc1. The Kier molecular flexibility index (Phi) is 5.68. The Bertz CT molecular complexity index is 499. The van der Waals surface area contributed by atoms with Crippen molar-refractivity contribution in [1.29, 1.82) is 0 Å². The summed E-state index contributed by atoms with van der Waals surface area (Å²) in [6.45, 7) is 3.83. The van der Waals surface area contributed by atoms with Gasteiger partial charge in [0.2, 0.25) is 5.91 Å². The van der Waals surface area contributed by atoms with Gasteiger partial charge in [-0.05, 0) is 56.8 Å². The molecule has 3 rings (SSSR count). The minimum absolute atomic E-state index is 0.0841. The van der Waals surface area contributed by atoms with Crippen molar-refractivity contribution < 1.29 is 4.79 Å². The maximum atomic E-state index is 12.8. The molecule has 4 nitrogen and oxygen atoms in total. The molecular weight excluding hydrogens is 286 g/mol. The van der Waals surface area contributed by atoms with Crippen LogP contribution < -0.4 is 11.1 Å². The summed E-state index contributed by atoms with van der Waals surface area (Å²) in [5.41, 5.74) is 7.05. The van der Waals surface area contributed by atoms with Crippen molar-refractivity contribution in [2.75, 3.05) is 26.2 Å². The van der Waals surface area contributed by atoms with Gasteiger partial charge in [0.25, 0.3) is 0 Å². The molecule has 3 N–H and O–H groups in total. The maximum absolute atomic E-state index is 12.8. The molecule has 0 bridgehead atoms. The molecule has 1 heterocycles. The number of nitrogens with two attached hydrogens (primary N) is 1. The molecule has 23 heavy (non-hydrogen) atoms. The molecule has 1 aliphatic carbocycles. The third-order valence-electron chi connectivity index (χ3n) is 5.46. The van der Waals surface area contributed by atoms with Crippen LogP contribution >= 0.6 is 0 Å². The van der Waals surface area contributed by atoms with Crippen LogP contribution in [0.25, 0.3) is 0 Å². The van der Waals surface area contributed by atoms with Crippen LogP contribution in [0.3, 0.4) is 0 Å². The molecule has 1 aliphatic heterocycles. The molecule has 1 amide bonds. The third-order valence-corrected chi connectivity index (χ3v) is 5.46. The maximum Gasteiger partial charge on any atom is 0.223 e. The number of rotatable bonds is 6. The fourth-order valence-electron chi connectivity index (χ4n) is 4.09. The number of carbonyl (C=O) groups is 1. The Hall–Kier alpha value is -1.39. The molecule has 1 aromatic rings. The summed E-state index contributed by atoms with van der Waals surface area (Å²) in [6, 6.07) is 10.5. The highest BCUT2D eigenvalue weighted by Gasteiger charge is 2.33. The second-order valence-electron chi connectivity index (χ2n) is 7.01. The Labute approximate surface area is 139 Å². The van der Waals surface area contributed by atoms with Gasteiger partial charge in [0.1, 0.15) is 0 Å². The molecule has 1 unspecified atom stereocenters. The predicted octanol–water partition coefficient (Wildman–Crippen LogP) is 2.31. The van der Waals surface area contributed by atoms with Gasteiger partial charge < -0.3 is 16.0 Å². The van der Waals surface area contributed by atoms with Crippen LogP contribution in [0.1, 0.15) is 43.7 Å². The number of carbonyl (C=O) groups excluding carboxylic acids is 1. The summed E-state index contributed by atoms with van der Waals surface area (Å²) in [5, 5.41) is 3.33. The molecule has 0 aromatic heterocycles. The van der Waals surface area contributed by atoms with Crippen molar-refractivity contribution >= 4 is 5.91 Å². The van der Waals surface area contributed by atoms with E-state index in [1.807, 2.05) is 6.07 Å². The van der Waals surface area contributed by atoms with E-state index in [1.54, 1.807) is 0 Å². The van der Waals surface area contributed by atoms with Crippen LogP contribution in [0, 0.1) is 11.8 Å². The van der Waals surface area contributed by atoms with E-state index in [1.165, 1.54) is 18.4 Å². The molecule has 1 saturated heterocycles. The van der Waals surface area contributed by atoms with Gasteiger partial charge in [0, 0.05) is 12.5 Å². The number of nitrogens with one attached hydrogen (secondary N) is 1. The average Bonchev–Trinajstić information content (AvgIpc) is 3.26. The summed E-state index contributed by atoms with van der Waals surface area (Å²) in [5.74, 6) is 0.661. The van der Waals surface area contributed by atoms with E-state index in [2.05, 4.69) is 34.5 Å². The van der Waals surface area contributed by atoms with Crippen LogP contribution in [-0.2, 0) is 4.79 Å². The Balaban J connectivity index is 1.68. The first kappa shape index (κ1) is 16.5. The largest absolute Gasteiger partial charge is 0.348 e. The van der Waals surface area contributed by atoms with E-state index < -0.39 is 0 Å². The van der Waals surface area contributed by atoms with Gasteiger partial charge in [0.15, 0.2) is 0 Å². The highest BCUT2D eigenvalue weighted by atomic mass is 16.2. The lowest BCUT2D eigenvalue weighted by Gasteiger charge is -2.27. The number of nitrogens with zero attached hydrogens (tertiary/aromatic N) is 1. The van der Waals surface area contributed by atoms with Crippen LogP contribution in [-0.4, -0.2) is 37.0 Å². The topological polar surface area (TPSA) is 58.4 Å². The van der Waals surface area contributed by atoms with Crippen LogP contribution in [0.4, 0.5) is 0 Å². The number of hydrogen-bond donors (Lipinski definition) is 2.